The third-order valence-electron chi connectivity index (χ3n) is 2.64. The van der Waals surface area contributed by atoms with Crippen molar-refractivity contribution in [3.63, 3.8) is 0 Å². The van der Waals surface area contributed by atoms with Gasteiger partial charge >= 0.3 is 0 Å². The summed E-state index contributed by atoms with van der Waals surface area (Å²) in [4.78, 5) is 0. The molecular formula is C12H20ClNO2. The summed E-state index contributed by atoms with van der Waals surface area (Å²) in [5, 5.41) is 9.64. The normalized spacial score (nSPS) is 13.8. The predicted molar refractivity (Wildman–Crippen MR) is 68.2 cm³/mol. The summed E-state index contributed by atoms with van der Waals surface area (Å²) in [6.45, 7) is 3.88. The summed E-state index contributed by atoms with van der Waals surface area (Å²) in [5.74, 6) is 0.844. The first-order chi connectivity index (χ1) is 7.10. The highest BCUT2D eigenvalue weighted by molar-refractivity contribution is 5.85. The number of methoxy groups -OCH3 is 1. The van der Waals surface area contributed by atoms with Gasteiger partial charge in [0.05, 0.1) is 19.3 Å². The molecule has 4 heteroatoms. The highest BCUT2D eigenvalue weighted by Crippen LogP contribution is 2.23. The van der Waals surface area contributed by atoms with Gasteiger partial charge in [-0.1, -0.05) is 19.1 Å². The zero-order valence-electron chi connectivity index (χ0n) is 9.93. The van der Waals surface area contributed by atoms with Crippen molar-refractivity contribution in [2.45, 2.75) is 32.4 Å². The van der Waals surface area contributed by atoms with E-state index in [2.05, 4.69) is 0 Å². The van der Waals surface area contributed by atoms with Gasteiger partial charge in [-0.2, -0.15) is 0 Å². The van der Waals surface area contributed by atoms with Crippen LogP contribution in [-0.2, 0) is 0 Å². The lowest BCUT2D eigenvalue weighted by Gasteiger charge is -2.18. The molecule has 0 saturated heterocycles. The van der Waals surface area contributed by atoms with Crippen molar-refractivity contribution in [2.24, 2.45) is 5.73 Å². The van der Waals surface area contributed by atoms with E-state index in [1.54, 1.807) is 7.11 Å². The molecule has 92 valence electrons. The van der Waals surface area contributed by atoms with Crippen LogP contribution >= 0.6 is 12.4 Å². The molecule has 0 aliphatic heterocycles. The smallest absolute Gasteiger partial charge is 0.121 e. The molecule has 0 aromatic heterocycles. The van der Waals surface area contributed by atoms with Crippen LogP contribution in [0.15, 0.2) is 18.2 Å². The Bertz CT molecular complexity index is 331. The van der Waals surface area contributed by atoms with Crippen LogP contribution in [0, 0.1) is 6.92 Å². The maximum absolute atomic E-state index is 9.64. The van der Waals surface area contributed by atoms with Crippen molar-refractivity contribution in [1.82, 2.24) is 0 Å². The number of nitrogens with two attached hydrogens (primary N) is 1. The van der Waals surface area contributed by atoms with Crippen LogP contribution in [0.25, 0.3) is 0 Å². The molecule has 2 atom stereocenters. The standard InChI is InChI=1S/C12H19NO2.ClH/c1-4-10(14)12(13)9-5-6-11(15-3)8(2)7-9;/h5-7,10,12,14H,4,13H2,1-3H3;1H/t10-,12+;/m1./s1. The first kappa shape index (κ1) is 15.2. The third-order valence-corrected chi connectivity index (χ3v) is 2.64. The summed E-state index contributed by atoms with van der Waals surface area (Å²) in [6.07, 6.45) is 0.171. The lowest BCUT2D eigenvalue weighted by Crippen LogP contribution is -2.25. The van der Waals surface area contributed by atoms with Gasteiger partial charge in [0.15, 0.2) is 0 Å². The molecule has 0 aliphatic rings. The van der Waals surface area contributed by atoms with Gasteiger partial charge in [-0.25, -0.2) is 0 Å². The third kappa shape index (κ3) is 3.37. The molecule has 3 N–H and O–H groups in total. The van der Waals surface area contributed by atoms with E-state index in [0.717, 1.165) is 16.9 Å². The second-order valence-corrected chi connectivity index (χ2v) is 3.73. The molecule has 0 unspecified atom stereocenters. The molecule has 0 fully saturated rings. The quantitative estimate of drug-likeness (QED) is 0.855. The van der Waals surface area contributed by atoms with E-state index in [4.69, 9.17) is 10.5 Å². The monoisotopic (exact) mass is 245 g/mol. The molecule has 0 aliphatic carbocycles. The van der Waals surface area contributed by atoms with Gasteiger partial charge < -0.3 is 15.6 Å². The number of aryl methyl sites for hydroxylation is 1. The number of halogens is 1. The summed E-state index contributed by atoms with van der Waals surface area (Å²) >= 11 is 0. The maximum Gasteiger partial charge on any atom is 0.121 e. The number of hydrogen-bond acceptors (Lipinski definition) is 3. The molecule has 0 heterocycles. The zero-order chi connectivity index (χ0) is 11.4. The first-order valence-corrected chi connectivity index (χ1v) is 5.18. The Hall–Kier alpha value is -0.770. The van der Waals surface area contributed by atoms with Gasteiger partial charge in [0.1, 0.15) is 5.75 Å². The van der Waals surface area contributed by atoms with Crippen molar-refractivity contribution in [3.8, 4) is 5.75 Å². The Morgan fingerprint density at radius 1 is 1.44 bits per heavy atom. The number of rotatable bonds is 4. The van der Waals surface area contributed by atoms with Crippen molar-refractivity contribution >= 4 is 12.4 Å². The Morgan fingerprint density at radius 3 is 2.50 bits per heavy atom. The van der Waals surface area contributed by atoms with E-state index in [1.807, 2.05) is 32.0 Å². The van der Waals surface area contributed by atoms with Crippen molar-refractivity contribution < 1.29 is 9.84 Å². The van der Waals surface area contributed by atoms with Gasteiger partial charge in [-0.15, -0.1) is 12.4 Å². The Labute approximate surface area is 103 Å². The lowest BCUT2D eigenvalue weighted by atomic mass is 9.99. The van der Waals surface area contributed by atoms with Gasteiger partial charge in [0.25, 0.3) is 0 Å². The van der Waals surface area contributed by atoms with Crippen LogP contribution in [0.5, 0.6) is 5.75 Å². The van der Waals surface area contributed by atoms with Crippen molar-refractivity contribution in [2.75, 3.05) is 7.11 Å². The van der Waals surface area contributed by atoms with Crippen LogP contribution in [0.2, 0.25) is 0 Å². The molecule has 3 nitrogen and oxygen atoms in total. The van der Waals surface area contributed by atoms with Gasteiger partial charge in [-0.05, 0) is 30.5 Å². The second-order valence-electron chi connectivity index (χ2n) is 3.73. The molecule has 0 saturated carbocycles. The summed E-state index contributed by atoms with van der Waals surface area (Å²) in [5.41, 5.74) is 7.90. The minimum Gasteiger partial charge on any atom is -0.496 e. The van der Waals surface area contributed by atoms with Gasteiger partial charge in [0, 0.05) is 0 Å². The van der Waals surface area contributed by atoms with Gasteiger partial charge in [0.2, 0.25) is 0 Å². The number of hydrogen-bond donors (Lipinski definition) is 2. The number of ether oxygens (including phenoxy) is 1. The van der Waals surface area contributed by atoms with E-state index >= 15 is 0 Å². The zero-order valence-corrected chi connectivity index (χ0v) is 10.8. The first-order valence-electron chi connectivity index (χ1n) is 5.18. The predicted octanol–water partition coefficient (Wildman–Crippen LogP) is 2.20. The summed E-state index contributed by atoms with van der Waals surface area (Å²) in [7, 11) is 1.64. The Kier molecular flexibility index (Phi) is 6.41. The minimum atomic E-state index is -0.488. The molecule has 0 bridgehead atoms. The summed E-state index contributed by atoms with van der Waals surface area (Å²) < 4.78 is 5.16. The van der Waals surface area contributed by atoms with Crippen LogP contribution in [-0.4, -0.2) is 18.3 Å². The van der Waals surface area contributed by atoms with Crippen molar-refractivity contribution in [3.05, 3.63) is 29.3 Å². The van der Waals surface area contributed by atoms with Crippen LogP contribution in [0.4, 0.5) is 0 Å². The highest BCUT2D eigenvalue weighted by Gasteiger charge is 2.15. The Balaban J connectivity index is 0.00000225. The fourth-order valence-corrected chi connectivity index (χ4v) is 1.59. The minimum absolute atomic E-state index is 0. The van der Waals surface area contributed by atoms with Gasteiger partial charge in [-0.3, -0.25) is 0 Å². The Morgan fingerprint density at radius 2 is 2.06 bits per heavy atom. The van der Waals surface area contributed by atoms with E-state index in [0.29, 0.717) is 6.42 Å². The maximum atomic E-state index is 9.64. The number of benzene rings is 1. The van der Waals surface area contributed by atoms with Crippen LogP contribution < -0.4 is 10.5 Å². The lowest BCUT2D eigenvalue weighted by molar-refractivity contribution is 0.140. The number of aliphatic hydroxyl groups is 1. The molecule has 16 heavy (non-hydrogen) atoms. The van der Waals surface area contributed by atoms with Crippen LogP contribution in [0.3, 0.4) is 0 Å². The second kappa shape index (κ2) is 6.74. The topological polar surface area (TPSA) is 55.5 Å². The highest BCUT2D eigenvalue weighted by atomic mass is 35.5. The molecule has 1 aromatic rings. The molecule has 1 rings (SSSR count). The molecule has 0 radical (unpaired) electrons. The molecular weight excluding hydrogens is 226 g/mol. The summed E-state index contributed by atoms with van der Waals surface area (Å²) in [6, 6.07) is 5.42. The van der Waals surface area contributed by atoms with E-state index in [1.165, 1.54) is 0 Å². The van der Waals surface area contributed by atoms with E-state index < -0.39 is 6.10 Å². The largest absolute Gasteiger partial charge is 0.496 e. The number of aliphatic hydroxyl groups excluding tert-OH is 1. The SMILES string of the molecule is CC[C@@H](O)[C@@H](N)c1ccc(OC)c(C)c1.Cl. The molecule has 0 spiro atoms. The fourth-order valence-electron chi connectivity index (χ4n) is 1.59. The molecule has 0 amide bonds. The van der Waals surface area contributed by atoms with E-state index in [9.17, 15) is 5.11 Å². The average molecular weight is 246 g/mol. The molecule has 1 aromatic carbocycles. The van der Waals surface area contributed by atoms with Crippen molar-refractivity contribution in [1.29, 1.82) is 0 Å². The van der Waals surface area contributed by atoms with Crippen LogP contribution in [0.1, 0.15) is 30.5 Å². The fraction of sp³-hybridized carbons (Fsp3) is 0.500. The van der Waals surface area contributed by atoms with E-state index in [-0.39, 0.29) is 18.4 Å². The average Bonchev–Trinajstić information content (AvgIpc) is 2.26.